The van der Waals surface area contributed by atoms with Crippen molar-refractivity contribution in [2.45, 2.75) is 46.2 Å². The van der Waals surface area contributed by atoms with E-state index >= 15 is 0 Å². The Hall–Kier alpha value is -2.62. The lowest BCUT2D eigenvalue weighted by molar-refractivity contribution is -0.122. The number of carbonyl (C=O) groups excluding carboxylic acids is 2. The first-order valence-electron chi connectivity index (χ1n) is 9.33. The van der Waals surface area contributed by atoms with Crippen LogP contribution in [0.2, 0.25) is 0 Å². The Morgan fingerprint density at radius 3 is 2.42 bits per heavy atom. The van der Waals surface area contributed by atoms with Gasteiger partial charge in [0.25, 0.3) is 5.91 Å². The summed E-state index contributed by atoms with van der Waals surface area (Å²) in [5.41, 5.74) is 3.70. The average molecular weight is 350 g/mol. The minimum atomic E-state index is -0.481. The molecule has 1 heterocycles. The summed E-state index contributed by atoms with van der Waals surface area (Å²) in [5, 5.41) is 3.00. The molecule has 2 aromatic rings. The van der Waals surface area contributed by atoms with E-state index in [0.717, 1.165) is 24.1 Å². The van der Waals surface area contributed by atoms with Gasteiger partial charge in [0.1, 0.15) is 6.04 Å². The van der Waals surface area contributed by atoms with Crippen molar-refractivity contribution in [2.75, 3.05) is 5.32 Å². The Kier molecular flexibility index (Phi) is 5.40. The van der Waals surface area contributed by atoms with E-state index < -0.39 is 6.04 Å². The van der Waals surface area contributed by atoms with E-state index in [2.05, 4.69) is 19.2 Å². The first-order valence-corrected chi connectivity index (χ1v) is 9.33. The SMILES string of the molecule is CCc1ccc(NC(=O)[C@H](C(C)CC)N2Cc3ccccc3C2=O)cc1. The predicted octanol–water partition coefficient (Wildman–Crippen LogP) is 4.26. The van der Waals surface area contributed by atoms with E-state index in [-0.39, 0.29) is 17.7 Å². The largest absolute Gasteiger partial charge is 0.324 e. The van der Waals surface area contributed by atoms with E-state index in [9.17, 15) is 9.59 Å². The number of fused-ring (bicyclic) bond motifs is 1. The number of amides is 2. The van der Waals surface area contributed by atoms with E-state index in [1.165, 1.54) is 5.56 Å². The Bertz CT molecular complexity index is 798. The lowest BCUT2D eigenvalue weighted by atomic mass is 9.96. The van der Waals surface area contributed by atoms with E-state index in [0.29, 0.717) is 12.1 Å². The van der Waals surface area contributed by atoms with Crippen molar-refractivity contribution in [3.63, 3.8) is 0 Å². The van der Waals surface area contributed by atoms with Crippen LogP contribution in [0.3, 0.4) is 0 Å². The minimum absolute atomic E-state index is 0.0534. The van der Waals surface area contributed by atoms with Gasteiger partial charge in [-0.3, -0.25) is 9.59 Å². The van der Waals surface area contributed by atoms with Crippen molar-refractivity contribution in [3.8, 4) is 0 Å². The van der Waals surface area contributed by atoms with Gasteiger partial charge in [-0.25, -0.2) is 0 Å². The highest BCUT2D eigenvalue weighted by molar-refractivity contribution is 6.03. The van der Waals surface area contributed by atoms with Crippen molar-refractivity contribution in [2.24, 2.45) is 5.92 Å². The molecule has 4 heteroatoms. The third-order valence-electron chi connectivity index (χ3n) is 5.27. The summed E-state index contributed by atoms with van der Waals surface area (Å²) in [4.78, 5) is 27.6. The van der Waals surface area contributed by atoms with Crippen LogP contribution in [0.25, 0.3) is 0 Å². The molecule has 26 heavy (non-hydrogen) atoms. The van der Waals surface area contributed by atoms with Gasteiger partial charge in [-0.1, -0.05) is 57.5 Å². The van der Waals surface area contributed by atoms with Crippen LogP contribution >= 0.6 is 0 Å². The van der Waals surface area contributed by atoms with Gasteiger partial charge in [0, 0.05) is 17.8 Å². The smallest absolute Gasteiger partial charge is 0.255 e. The highest BCUT2D eigenvalue weighted by Gasteiger charge is 2.38. The molecule has 1 aliphatic rings. The summed E-state index contributed by atoms with van der Waals surface area (Å²) in [5.74, 6) is -0.102. The molecule has 2 atom stereocenters. The average Bonchev–Trinajstić information content (AvgIpc) is 2.99. The molecule has 0 spiro atoms. The Morgan fingerprint density at radius 1 is 1.12 bits per heavy atom. The second-order valence-corrected chi connectivity index (χ2v) is 6.96. The Morgan fingerprint density at radius 2 is 1.81 bits per heavy atom. The molecule has 3 rings (SSSR count). The van der Waals surface area contributed by atoms with Crippen molar-refractivity contribution < 1.29 is 9.59 Å². The molecule has 2 aromatic carbocycles. The molecule has 0 saturated carbocycles. The van der Waals surface area contributed by atoms with Crippen LogP contribution < -0.4 is 5.32 Å². The summed E-state index contributed by atoms with van der Waals surface area (Å²) in [6.07, 6.45) is 1.79. The quantitative estimate of drug-likeness (QED) is 0.846. The summed E-state index contributed by atoms with van der Waals surface area (Å²) in [6.45, 7) is 6.67. The number of carbonyl (C=O) groups is 2. The van der Waals surface area contributed by atoms with Crippen molar-refractivity contribution in [1.82, 2.24) is 4.90 Å². The zero-order valence-electron chi connectivity index (χ0n) is 15.7. The third kappa shape index (κ3) is 3.50. The summed E-state index contributed by atoms with van der Waals surface area (Å²) in [7, 11) is 0. The van der Waals surface area contributed by atoms with Crippen LogP contribution in [0.5, 0.6) is 0 Å². The zero-order chi connectivity index (χ0) is 18.7. The molecule has 0 saturated heterocycles. The first-order chi connectivity index (χ1) is 12.5. The van der Waals surface area contributed by atoms with Crippen LogP contribution in [-0.4, -0.2) is 22.8 Å². The Balaban J connectivity index is 1.82. The maximum absolute atomic E-state index is 13.0. The monoisotopic (exact) mass is 350 g/mol. The van der Waals surface area contributed by atoms with Crippen LogP contribution in [0.1, 0.15) is 48.7 Å². The standard InChI is InChI=1S/C22H26N2O2/c1-4-15(3)20(21(25)23-18-12-10-16(5-2)11-13-18)24-14-17-8-6-7-9-19(17)22(24)26/h6-13,15,20H,4-5,14H2,1-3H3,(H,23,25)/t15?,20-/m0/s1. The number of rotatable bonds is 6. The molecule has 1 aliphatic heterocycles. The lowest BCUT2D eigenvalue weighted by Gasteiger charge is -2.31. The molecule has 0 aromatic heterocycles. The van der Waals surface area contributed by atoms with Gasteiger partial charge >= 0.3 is 0 Å². The number of anilines is 1. The van der Waals surface area contributed by atoms with Crippen LogP contribution in [0, 0.1) is 5.92 Å². The fourth-order valence-corrected chi connectivity index (χ4v) is 3.47. The maximum atomic E-state index is 13.0. The molecular formula is C22H26N2O2. The molecule has 136 valence electrons. The first kappa shape index (κ1) is 18.2. The van der Waals surface area contributed by atoms with Crippen LogP contribution in [0.15, 0.2) is 48.5 Å². The molecule has 2 amide bonds. The second-order valence-electron chi connectivity index (χ2n) is 6.96. The number of nitrogens with zero attached hydrogens (tertiary/aromatic N) is 1. The molecule has 1 unspecified atom stereocenters. The second kappa shape index (κ2) is 7.73. The highest BCUT2D eigenvalue weighted by atomic mass is 16.2. The van der Waals surface area contributed by atoms with Crippen molar-refractivity contribution >= 4 is 17.5 Å². The molecular weight excluding hydrogens is 324 g/mol. The van der Waals surface area contributed by atoms with Crippen LogP contribution in [-0.2, 0) is 17.8 Å². The van der Waals surface area contributed by atoms with E-state index in [1.807, 2.05) is 55.5 Å². The van der Waals surface area contributed by atoms with Gasteiger partial charge in [0.05, 0.1) is 0 Å². The zero-order valence-corrected chi connectivity index (χ0v) is 15.7. The molecule has 0 bridgehead atoms. The summed E-state index contributed by atoms with van der Waals surface area (Å²) in [6, 6.07) is 15.0. The van der Waals surface area contributed by atoms with Gasteiger partial charge < -0.3 is 10.2 Å². The molecule has 0 fully saturated rings. The predicted molar refractivity (Wildman–Crippen MR) is 104 cm³/mol. The number of nitrogens with one attached hydrogen (secondary N) is 1. The van der Waals surface area contributed by atoms with Gasteiger partial charge in [-0.15, -0.1) is 0 Å². The molecule has 4 nitrogen and oxygen atoms in total. The fourth-order valence-electron chi connectivity index (χ4n) is 3.47. The molecule has 1 N–H and O–H groups in total. The normalized spacial score (nSPS) is 15.5. The Labute approximate surface area is 155 Å². The molecule has 0 radical (unpaired) electrons. The number of hydrogen-bond acceptors (Lipinski definition) is 2. The van der Waals surface area contributed by atoms with Gasteiger partial charge in [-0.2, -0.15) is 0 Å². The van der Waals surface area contributed by atoms with Crippen molar-refractivity contribution in [3.05, 3.63) is 65.2 Å². The number of benzene rings is 2. The van der Waals surface area contributed by atoms with E-state index in [4.69, 9.17) is 0 Å². The lowest BCUT2D eigenvalue weighted by Crippen LogP contribution is -2.48. The van der Waals surface area contributed by atoms with Crippen LogP contribution in [0.4, 0.5) is 5.69 Å². The van der Waals surface area contributed by atoms with Gasteiger partial charge in [0.15, 0.2) is 0 Å². The summed E-state index contributed by atoms with van der Waals surface area (Å²) < 4.78 is 0. The third-order valence-corrected chi connectivity index (χ3v) is 5.27. The van der Waals surface area contributed by atoms with E-state index in [1.54, 1.807) is 4.90 Å². The van der Waals surface area contributed by atoms with Gasteiger partial charge in [-0.05, 0) is 41.7 Å². The van der Waals surface area contributed by atoms with Crippen molar-refractivity contribution in [1.29, 1.82) is 0 Å². The maximum Gasteiger partial charge on any atom is 0.255 e. The summed E-state index contributed by atoms with van der Waals surface area (Å²) >= 11 is 0. The number of aryl methyl sites for hydroxylation is 1. The molecule has 0 aliphatic carbocycles. The van der Waals surface area contributed by atoms with Gasteiger partial charge in [0.2, 0.25) is 5.91 Å². The topological polar surface area (TPSA) is 49.4 Å². The highest BCUT2D eigenvalue weighted by Crippen LogP contribution is 2.28. The number of hydrogen-bond donors (Lipinski definition) is 1. The fraction of sp³-hybridized carbons (Fsp3) is 0.364. The minimum Gasteiger partial charge on any atom is -0.324 e.